The van der Waals surface area contributed by atoms with Crippen LogP contribution in [0.25, 0.3) is 10.9 Å². The number of benzene rings is 1. The van der Waals surface area contributed by atoms with Crippen molar-refractivity contribution < 1.29 is 9.84 Å². The summed E-state index contributed by atoms with van der Waals surface area (Å²) in [5.41, 5.74) is 2.51. The van der Waals surface area contributed by atoms with Crippen LogP contribution in [-0.4, -0.2) is 46.4 Å². The Bertz CT molecular complexity index is 643. The molecule has 1 aromatic heterocycles. The zero-order chi connectivity index (χ0) is 15.0. The maximum atomic E-state index is 9.91. The minimum atomic E-state index is -0.171. The number of hydrogen-bond donors (Lipinski definition) is 2. The van der Waals surface area contributed by atoms with Gasteiger partial charge in [-0.25, -0.2) is 0 Å². The van der Waals surface area contributed by atoms with Crippen molar-refractivity contribution in [2.75, 3.05) is 19.7 Å². The highest BCUT2D eigenvalue weighted by atomic mass is 16.5. The van der Waals surface area contributed by atoms with Gasteiger partial charge in [-0.3, -0.25) is 4.90 Å². The van der Waals surface area contributed by atoms with Crippen molar-refractivity contribution in [2.24, 2.45) is 0 Å². The maximum absolute atomic E-state index is 9.91. The van der Waals surface area contributed by atoms with E-state index >= 15 is 0 Å². The molecule has 4 heteroatoms. The van der Waals surface area contributed by atoms with Gasteiger partial charge in [0.15, 0.2) is 0 Å². The highest BCUT2D eigenvalue weighted by molar-refractivity contribution is 5.79. The summed E-state index contributed by atoms with van der Waals surface area (Å²) < 4.78 is 6.03. The first kappa shape index (κ1) is 14.2. The Kier molecular flexibility index (Phi) is 3.68. The average Bonchev–Trinajstić information content (AvgIpc) is 2.97. The van der Waals surface area contributed by atoms with Gasteiger partial charge in [0.2, 0.25) is 0 Å². The number of H-pyrrole nitrogens is 1. The first-order valence-corrected chi connectivity index (χ1v) is 8.33. The molecule has 0 radical (unpaired) electrons. The van der Waals surface area contributed by atoms with Crippen molar-refractivity contribution in [3.8, 4) is 0 Å². The largest absolute Gasteiger partial charge is 0.393 e. The summed E-state index contributed by atoms with van der Waals surface area (Å²) in [6, 6.07) is 8.77. The number of piperidine rings is 1. The van der Waals surface area contributed by atoms with Gasteiger partial charge in [-0.05, 0) is 42.3 Å². The van der Waals surface area contributed by atoms with Crippen molar-refractivity contribution in [1.82, 2.24) is 9.88 Å². The van der Waals surface area contributed by atoms with Gasteiger partial charge in [0.1, 0.15) is 0 Å². The number of rotatable bonds is 2. The number of aliphatic hydroxyl groups is 1. The van der Waals surface area contributed by atoms with Crippen LogP contribution in [0.4, 0.5) is 0 Å². The van der Waals surface area contributed by atoms with E-state index in [1.165, 1.54) is 16.5 Å². The molecule has 1 unspecified atom stereocenters. The third kappa shape index (κ3) is 2.78. The number of aromatic nitrogens is 1. The average molecular weight is 300 g/mol. The van der Waals surface area contributed by atoms with Crippen molar-refractivity contribution in [3.05, 3.63) is 36.0 Å². The van der Waals surface area contributed by atoms with Gasteiger partial charge < -0.3 is 14.8 Å². The van der Waals surface area contributed by atoms with Gasteiger partial charge in [0, 0.05) is 44.4 Å². The first-order chi connectivity index (χ1) is 10.7. The Labute approximate surface area is 131 Å². The van der Waals surface area contributed by atoms with E-state index in [2.05, 4.69) is 34.1 Å². The van der Waals surface area contributed by atoms with Gasteiger partial charge in [-0.2, -0.15) is 0 Å². The highest BCUT2D eigenvalue weighted by Crippen LogP contribution is 2.35. The number of nitrogens with one attached hydrogen (secondary N) is 1. The normalized spacial score (nSPS) is 25.8. The molecule has 0 bridgehead atoms. The Morgan fingerprint density at radius 2 is 2.14 bits per heavy atom. The molecule has 2 N–H and O–H groups in total. The summed E-state index contributed by atoms with van der Waals surface area (Å²) in [5, 5.41) is 11.2. The molecule has 1 spiro atoms. The zero-order valence-corrected chi connectivity index (χ0v) is 12.9. The van der Waals surface area contributed by atoms with Gasteiger partial charge in [0.25, 0.3) is 0 Å². The molecule has 2 fully saturated rings. The molecule has 2 aliphatic heterocycles. The van der Waals surface area contributed by atoms with E-state index in [1.807, 2.05) is 6.20 Å². The molecule has 1 aromatic carbocycles. The quantitative estimate of drug-likeness (QED) is 0.896. The van der Waals surface area contributed by atoms with Gasteiger partial charge >= 0.3 is 0 Å². The monoisotopic (exact) mass is 300 g/mol. The van der Waals surface area contributed by atoms with Crippen LogP contribution in [0.2, 0.25) is 0 Å². The molecule has 4 rings (SSSR count). The smallest absolute Gasteiger partial charge is 0.0731 e. The maximum Gasteiger partial charge on any atom is 0.0731 e. The predicted molar refractivity (Wildman–Crippen MR) is 86.7 cm³/mol. The van der Waals surface area contributed by atoms with E-state index in [1.54, 1.807) is 0 Å². The van der Waals surface area contributed by atoms with Crippen LogP contribution < -0.4 is 0 Å². The molecule has 0 amide bonds. The van der Waals surface area contributed by atoms with Crippen molar-refractivity contribution in [1.29, 1.82) is 0 Å². The van der Waals surface area contributed by atoms with Crippen LogP contribution in [0.5, 0.6) is 0 Å². The second-order valence-corrected chi connectivity index (χ2v) is 6.85. The molecular formula is C18H24N2O2. The molecule has 2 saturated heterocycles. The van der Waals surface area contributed by atoms with Crippen LogP contribution in [0, 0.1) is 0 Å². The van der Waals surface area contributed by atoms with Gasteiger partial charge in [0.05, 0.1) is 11.7 Å². The number of fused-ring (bicyclic) bond motifs is 1. The minimum Gasteiger partial charge on any atom is -0.393 e. The Morgan fingerprint density at radius 3 is 2.95 bits per heavy atom. The zero-order valence-electron chi connectivity index (χ0n) is 12.9. The van der Waals surface area contributed by atoms with E-state index in [-0.39, 0.29) is 11.7 Å². The topological polar surface area (TPSA) is 48.5 Å². The Hall–Kier alpha value is -1.36. The summed E-state index contributed by atoms with van der Waals surface area (Å²) in [6.45, 7) is 3.81. The van der Waals surface area contributed by atoms with Crippen molar-refractivity contribution >= 4 is 10.9 Å². The third-order valence-electron chi connectivity index (χ3n) is 5.26. The van der Waals surface area contributed by atoms with E-state index in [0.717, 1.165) is 45.3 Å². The van der Waals surface area contributed by atoms with E-state index in [0.29, 0.717) is 6.61 Å². The number of nitrogens with zero attached hydrogens (tertiary/aromatic N) is 1. The lowest BCUT2D eigenvalue weighted by Crippen LogP contribution is -2.50. The molecule has 1 atom stereocenters. The van der Waals surface area contributed by atoms with Gasteiger partial charge in [-0.15, -0.1) is 0 Å². The summed E-state index contributed by atoms with van der Waals surface area (Å²) in [6.07, 6.45) is 5.50. The fraction of sp³-hybridized carbons (Fsp3) is 0.556. The van der Waals surface area contributed by atoms with Gasteiger partial charge in [-0.1, -0.05) is 12.1 Å². The number of aromatic amines is 1. The lowest BCUT2D eigenvalue weighted by atomic mass is 9.83. The Balaban J connectivity index is 1.39. The lowest BCUT2D eigenvalue weighted by molar-refractivity contribution is -0.143. The fourth-order valence-corrected chi connectivity index (χ4v) is 3.92. The van der Waals surface area contributed by atoms with E-state index in [9.17, 15) is 5.11 Å². The SMILES string of the molecule is OC1CCOC2(CCN(Cc3ccc4cc[nH]c4c3)CC2)C1. The van der Waals surface area contributed by atoms with Crippen LogP contribution in [0.3, 0.4) is 0 Å². The Morgan fingerprint density at radius 1 is 1.27 bits per heavy atom. The molecule has 2 aliphatic rings. The third-order valence-corrected chi connectivity index (χ3v) is 5.26. The molecule has 2 aromatic rings. The lowest BCUT2D eigenvalue weighted by Gasteiger charge is -2.45. The molecule has 0 saturated carbocycles. The van der Waals surface area contributed by atoms with Crippen molar-refractivity contribution in [3.63, 3.8) is 0 Å². The predicted octanol–water partition coefficient (Wildman–Crippen LogP) is 2.67. The second kappa shape index (κ2) is 5.69. The summed E-state index contributed by atoms with van der Waals surface area (Å²) in [5.74, 6) is 0. The molecule has 0 aliphatic carbocycles. The number of likely N-dealkylation sites (tertiary alicyclic amines) is 1. The summed E-state index contributed by atoms with van der Waals surface area (Å²) >= 11 is 0. The number of ether oxygens (including phenoxy) is 1. The summed E-state index contributed by atoms with van der Waals surface area (Å²) in [7, 11) is 0. The minimum absolute atomic E-state index is 0.0580. The molecular weight excluding hydrogens is 276 g/mol. The number of hydrogen-bond acceptors (Lipinski definition) is 3. The molecule has 22 heavy (non-hydrogen) atoms. The second-order valence-electron chi connectivity index (χ2n) is 6.85. The van der Waals surface area contributed by atoms with Crippen LogP contribution in [-0.2, 0) is 11.3 Å². The number of aliphatic hydroxyl groups excluding tert-OH is 1. The molecule has 4 nitrogen and oxygen atoms in total. The molecule has 3 heterocycles. The highest BCUT2D eigenvalue weighted by Gasteiger charge is 2.39. The van der Waals surface area contributed by atoms with Crippen LogP contribution in [0.1, 0.15) is 31.2 Å². The molecule has 118 valence electrons. The van der Waals surface area contributed by atoms with Crippen molar-refractivity contribution in [2.45, 2.75) is 43.9 Å². The van der Waals surface area contributed by atoms with Crippen LogP contribution in [0.15, 0.2) is 30.5 Å². The fourth-order valence-electron chi connectivity index (χ4n) is 3.92. The summed E-state index contributed by atoms with van der Waals surface area (Å²) in [4.78, 5) is 5.78. The first-order valence-electron chi connectivity index (χ1n) is 8.33. The standard InChI is InChI=1S/C18H24N2O2/c21-16-4-10-22-18(12-16)5-8-20(9-6-18)13-14-1-2-15-3-7-19-17(15)11-14/h1-3,7,11,16,19,21H,4-6,8-10,12-13H2. The van der Waals surface area contributed by atoms with Crippen LogP contribution >= 0.6 is 0 Å². The van der Waals surface area contributed by atoms with E-state index in [4.69, 9.17) is 4.74 Å². The van der Waals surface area contributed by atoms with E-state index < -0.39 is 0 Å².